The predicted molar refractivity (Wildman–Crippen MR) is 86.3 cm³/mol. The van der Waals surface area contributed by atoms with E-state index in [0.717, 1.165) is 21.3 Å². The molecule has 2 aromatic rings. The van der Waals surface area contributed by atoms with E-state index in [1.54, 1.807) is 6.20 Å². The quantitative estimate of drug-likeness (QED) is 0.837. The number of anilines is 1. The number of hydrogen-bond acceptors (Lipinski definition) is 3. The van der Waals surface area contributed by atoms with Gasteiger partial charge in [-0.3, -0.25) is 4.98 Å². The van der Waals surface area contributed by atoms with Gasteiger partial charge in [-0.1, -0.05) is 34.2 Å². The first-order valence-electron chi connectivity index (χ1n) is 5.83. The lowest BCUT2D eigenvalue weighted by Crippen LogP contribution is -2.15. The molecular weight excluding hydrogens is 322 g/mol. The van der Waals surface area contributed by atoms with Crippen molar-refractivity contribution < 1.29 is 0 Å². The Hall–Kier alpha value is -1.46. The summed E-state index contributed by atoms with van der Waals surface area (Å²) in [6, 6.07) is 9.88. The summed E-state index contributed by atoms with van der Waals surface area (Å²) in [6.07, 6.45) is 3.60. The molecule has 1 heterocycles. The Morgan fingerprint density at radius 1 is 1.42 bits per heavy atom. The molecule has 3 nitrogen and oxygen atoms in total. The van der Waals surface area contributed by atoms with Crippen LogP contribution in [-0.2, 0) is 0 Å². The third kappa shape index (κ3) is 3.52. The van der Waals surface area contributed by atoms with Gasteiger partial charge in [-0.25, -0.2) is 0 Å². The van der Waals surface area contributed by atoms with Gasteiger partial charge in [-0.2, -0.15) is 0 Å². The molecule has 0 fully saturated rings. The monoisotopic (exact) mass is 335 g/mol. The van der Waals surface area contributed by atoms with E-state index in [1.165, 1.54) is 0 Å². The van der Waals surface area contributed by atoms with Crippen LogP contribution in [0.4, 0.5) is 5.69 Å². The average Bonchev–Trinajstić information content (AvgIpc) is 2.39. The number of hydrogen-bond donors (Lipinski definition) is 2. The van der Waals surface area contributed by atoms with E-state index >= 15 is 0 Å². The standard InChI is InChI=1S/C14H14BrN3S/c1-9(10-3-2-6-17-8-10)18-13-7-11(15)4-5-12(13)14(16)19/h2-9,18H,1H3,(H2,16,19). The van der Waals surface area contributed by atoms with Crippen LogP contribution in [-0.4, -0.2) is 9.97 Å². The fourth-order valence-electron chi connectivity index (χ4n) is 1.80. The Labute approximate surface area is 126 Å². The van der Waals surface area contributed by atoms with Gasteiger partial charge in [0, 0.05) is 28.1 Å². The highest BCUT2D eigenvalue weighted by atomic mass is 79.9. The smallest absolute Gasteiger partial charge is 0.106 e. The highest BCUT2D eigenvalue weighted by Crippen LogP contribution is 2.25. The van der Waals surface area contributed by atoms with E-state index in [0.29, 0.717) is 4.99 Å². The van der Waals surface area contributed by atoms with E-state index < -0.39 is 0 Å². The van der Waals surface area contributed by atoms with Crippen molar-refractivity contribution in [3.05, 3.63) is 58.3 Å². The number of nitrogens with two attached hydrogens (primary N) is 1. The highest BCUT2D eigenvalue weighted by molar-refractivity contribution is 9.10. The second kappa shape index (κ2) is 6.12. The summed E-state index contributed by atoms with van der Waals surface area (Å²) in [5.41, 5.74) is 8.61. The van der Waals surface area contributed by atoms with Crippen molar-refractivity contribution in [2.45, 2.75) is 13.0 Å². The summed E-state index contributed by atoms with van der Waals surface area (Å²) < 4.78 is 0.980. The average molecular weight is 336 g/mol. The van der Waals surface area contributed by atoms with Gasteiger partial charge in [-0.05, 0) is 36.8 Å². The number of nitrogens with zero attached hydrogens (tertiary/aromatic N) is 1. The van der Waals surface area contributed by atoms with Crippen LogP contribution in [0.25, 0.3) is 0 Å². The first kappa shape index (κ1) is 14.0. The summed E-state index contributed by atoms with van der Waals surface area (Å²) in [5.74, 6) is 0. The Balaban J connectivity index is 2.28. The van der Waals surface area contributed by atoms with Crippen LogP contribution in [0.15, 0.2) is 47.2 Å². The maximum atomic E-state index is 5.74. The zero-order chi connectivity index (χ0) is 13.8. The van der Waals surface area contributed by atoms with Crippen LogP contribution in [0.3, 0.4) is 0 Å². The van der Waals surface area contributed by atoms with Crippen LogP contribution in [0.2, 0.25) is 0 Å². The van der Waals surface area contributed by atoms with Gasteiger partial charge in [0.1, 0.15) is 4.99 Å². The number of benzene rings is 1. The van der Waals surface area contributed by atoms with Gasteiger partial charge in [0.2, 0.25) is 0 Å². The van der Waals surface area contributed by atoms with E-state index in [2.05, 4.69) is 33.2 Å². The first-order valence-corrected chi connectivity index (χ1v) is 7.04. The molecule has 0 saturated heterocycles. The normalized spacial score (nSPS) is 11.9. The summed E-state index contributed by atoms with van der Waals surface area (Å²) >= 11 is 8.53. The Bertz CT molecular complexity index is 586. The number of pyridine rings is 1. The van der Waals surface area contributed by atoms with Crippen LogP contribution in [0, 0.1) is 0 Å². The van der Waals surface area contributed by atoms with E-state index in [-0.39, 0.29) is 6.04 Å². The maximum absolute atomic E-state index is 5.74. The second-order valence-corrected chi connectivity index (χ2v) is 5.56. The number of aromatic nitrogens is 1. The lowest BCUT2D eigenvalue weighted by molar-refractivity contribution is 0.875. The minimum Gasteiger partial charge on any atom is -0.389 e. The van der Waals surface area contributed by atoms with E-state index in [4.69, 9.17) is 18.0 Å². The van der Waals surface area contributed by atoms with Crippen molar-refractivity contribution >= 4 is 38.8 Å². The molecule has 0 aliphatic heterocycles. The van der Waals surface area contributed by atoms with Crippen molar-refractivity contribution in [1.29, 1.82) is 0 Å². The molecule has 19 heavy (non-hydrogen) atoms. The largest absolute Gasteiger partial charge is 0.389 e. The van der Waals surface area contributed by atoms with Crippen molar-refractivity contribution in [1.82, 2.24) is 4.98 Å². The van der Waals surface area contributed by atoms with Crippen molar-refractivity contribution in [2.75, 3.05) is 5.32 Å². The molecule has 1 aromatic heterocycles. The van der Waals surface area contributed by atoms with Crippen LogP contribution in [0.5, 0.6) is 0 Å². The fraction of sp³-hybridized carbons (Fsp3) is 0.143. The molecule has 3 N–H and O–H groups in total. The highest BCUT2D eigenvalue weighted by Gasteiger charge is 2.10. The van der Waals surface area contributed by atoms with Gasteiger partial charge in [0.15, 0.2) is 0 Å². The second-order valence-electron chi connectivity index (χ2n) is 4.21. The summed E-state index contributed by atoms with van der Waals surface area (Å²) in [6.45, 7) is 2.07. The van der Waals surface area contributed by atoms with Gasteiger partial charge in [0.25, 0.3) is 0 Å². The van der Waals surface area contributed by atoms with Gasteiger partial charge in [0.05, 0.1) is 6.04 Å². The maximum Gasteiger partial charge on any atom is 0.106 e. The number of thiocarbonyl (C=S) groups is 1. The summed E-state index contributed by atoms with van der Waals surface area (Å²) in [4.78, 5) is 4.51. The Kier molecular flexibility index (Phi) is 4.50. The number of nitrogens with one attached hydrogen (secondary N) is 1. The molecule has 0 spiro atoms. The lowest BCUT2D eigenvalue weighted by Gasteiger charge is -2.18. The predicted octanol–water partition coefficient (Wildman–Crippen LogP) is 3.65. The minimum atomic E-state index is 0.121. The number of halogens is 1. The van der Waals surface area contributed by atoms with Gasteiger partial charge >= 0.3 is 0 Å². The molecule has 98 valence electrons. The molecule has 1 atom stereocenters. The van der Waals surface area contributed by atoms with Crippen molar-refractivity contribution in [2.24, 2.45) is 5.73 Å². The third-order valence-corrected chi connectivity index (χ3v) is 3.52. The Morgan fingerprint density at radius 3 is 2.84 bits per heavy atom. The molecular formula is C14H14BrN3S. The van der Waals surface area contributed by atoms with Gasteiger partial charge < -0.3 is 11.1 Å². The molecule has 0 amide bonds. The molecule has 0 radical (unpaired) electrons. The zero-order valence-electron chi connectivity index (χ0n) is 10.4. The topological polar surface area (TPSA) is 50.9 Å². The summed E-state index contributed by atoms with van der Waals surface area (Å²) in [7, 11) is 0. The molecule has 0 aliphatic carbocycles. The molecule has 5 heteroatoms. The van der Waals surface area contributed by atoms with Crippen LogP contribution >= 0.6 is 28.1 Å². The molecule has 1 aromatic carbocycles. The minimum absolute atomic E-state index is 0.121. The van der Waals surface area contributed by atoms with Crippen molar-refractivity contribution in [3.63, 3.8) is 0 Å². The fourth-order valence-corrected chi connectivity index (χ4v) is 2.34. The summed E-state index contributed by atoms with van der Waals surface area (Å²) in [5, 5.41) is 3.41. The van der Waals surface area contributed by atoms with Gasteiger partial charge in [-0.15, -0.1) is 0 Å². The Morgan fingerprint density at radius 2 is 2.21 bits per heavy atom. The zero-order valence-corrected chi connectivity index (χ0v) is 12.8. The van der Waals surface area contributed by atoms with Crippen LogP contribution < -0.4 is 11.1 Å². The molecule has 0 saturated carbocycles. The third-order valence-electron chi connectivity index (χ3n) is 2.80. The lowest BCUT2D eigenvalue weighted by atomic mass is 10.1. The SMILES string of the molecule is CC(Nc1cc(Br)ccc1C(N)=S)c1cccnc1. The molecule has 1 unspecified atom stereocenters. The first-order chi connectivity index (χ1) is 9.08. The van der Waals surface area contributed by atoms with Crippen molar-refractivity contribution in [3.8, 4) is 0 Å². The van der Waals surface area contributed by atoms with E-state index in [9.17, 15) is 0 Å². The molecule has 0 aliphatic rings. The molecule has 0 bridgehead atoms. The molecule has 2 rings (SSSR count). The van der Waals surface area contributed by atoms with Crippen LogP contribution in [0.1, 0.15) is 24.1 Å². The number of rotatable bonds is 4. The van der Waals surface area contributed by atoms with E-state index in [1.807, 2.05) is 36.5 Å².